The van der Waals surface area contributed by atoms with Crippen LogP contribution in [0.25, 0.3) is 0 Å². The number of rotatable bonds is 24. The van der Waals surface area contributed by atoms with E-state index in [9.17, 15) is 72.0 Å². The molecule has 8 N–H and O–H groups in total. The molecule has 0 aliphatic heterocycles. The Hall–Kier alpha value is -11.9. The summed E-state index contributed by atoms with van der Waals surface area (Å²) < 4.78 is 348. The van der Waals surface area contributed by atoms with Gasteiger partial charge in [-0.2, -0.15) is 0 Å². The summed E-state index contributed by atoms with van der Waals surface area (Å²) in [5.41, 5.74) is -5.10. The SMILES string of the molecule is [2H]c1c(C([2H])([2H])[2H])cc(C([2H])([2H])[2H])c(NC(=O)c2sccc2S(=O)(=O)Nc2onc(C([2H])([2H])[2H])c2C([2H])([2H])[2H])c1C(C)=O.[2H]c1c(C([2H])([2H])[2H])cc(C([2H])([2H])[2H])c(NC(=O)c2sccc2S(=O)(=O)Nc2onc(C([2H])([2H])[2H])c2C)c1C(C)=O.[2H]c1c(C)cc(C(C)=O)c(NC(=O)c2sccc2S(=O)(=O)Nc2onc(C)c2C([2H])([2H])[2H])c1C.[2H]c1c(C)cc(C(C)=O)c(NC(=O)c2sccc2S(=O)(=O)Nc2onc(C)c2C)c1C. The van der Waals surface area contributed by atoms with Gasteiger partial charge in [-0.3, -0.25) is 38.4 Å². The van der Waals surface area contributed by atoms with Crippen molar-refractivity contribution in [3.05, 3.63) is 226 Å². The first-order valence-electron chi connectivity index (χ1n) is 47.6. The van der Waals surface area contributed by atoms with Crippen LogP contribution < -0.4 is 40.2 Å². The number of anilines is 8. The lowest BCUT2D eigenvalue weighted by molar-refractivity contribution is 0.100. The van der Waals surface area contributed by atoms with Gasteiger partial charge >= 0.3 is 0 Å². The molecule has 8 heterocycles. The fraction of sp³-hybridized carbons (Fsp3) is 0.250. The number of carbonyl (C=O) groups is 8. The molecular weight excluding hydrogens is 1710 g/mol. The van der Waals surface area contributed by atoms with Crippen LogP contribution in [-0.2, 0) is 40.1 Å². The van der Waals surface area contributed by atoms with E-state index < -0.39 is 246 Å². The molecule has 0 unspecified atom stereocenters. The van der Waals surface area contributed by atoms with Gasteiger partial charge in [0, 0.05) is 77.4 Å². The van der Waals surface area contributed by atoms with Crippen LogP contribution in [0.1, 0.15) is 236 Å². The number of ketones is 4. The lowest BCUT2D eigenvalue weighted by Gasteiger charge is -2.14. The van der Waals surface area contributed by atoms with Gasteiger partial charge in [0.15, 0.2) is 23.1 Å². The largest absolute Gasteiger partial charge is 0.337 e. The van der Waals surface area contributed by atoms with Crippen LogP contribution in [-0.4, -0.2) is 101 Å². The molecule has 632 valence electrons. The van der Waals surface area contributed by atoms with Gasteiger partial charge in [0.1, 0.15) is 39.1 Å². The van der Waals surface area contributed by atoms with Crippen molar-refractivity contribution in [2.24, 2.45) is 0 Å². The summed E-state index contributed by atoms with van der Waals surface area (Å²) in [6, 6.07) is 7.45. The van der Waals surface area contributed by atoms with E-state index >= 15 is 0 Å². The van der Waals surface area contributed by atoms with Crippen LogP contribution in [0.4, 0.5) is 46.3 Å². The van der Waals surface area contributed by atoms with Crippen LogP contribution in [0, 0.1) is 110 Å². The molecule has 0 radical (unpaired) electrons. The normalized spacial score (nSPS) is 15.6. The average molecular weight is 1820 g/mol. The fourth-order valence-corrected chi connectivity index (χ4v) is 19.8. The summed E-state index contributed by atoms with van der Waals surface area (Å²) in [5.74, 6) is -8.62. The van der Waals surface area contributed by atoms with E-state index in [0.29, 0.717) is 68.3 Å². The van der Waals surface area contributed by atoms with Gasteiger partial charge < -0.3 is 39.4 Å². The van der Waals surface area contributed by atoms with Gasteiger partial charge in [-0.1, -0.05) is 44.8 Å². The van der Waals surface area contributed by atoms with Crippen molar-refractivity contribution in [3.8, 4) is 0 Å². The molecule has 0 aliphatic carbocycles. The Bertz CT molecular complexity index is 7830. The second-order valence-corrected chi connectivity index (χ2v) is 35.5. The minimum Gasteiger partial charge on any atom is -0.337 e. The number of sulfonamides is 4. The molecule has 0 fully saturated rings. The Morgan fingerprint density at radius 2 is 0.592 bits per heavy atom. The molecule has 0 bridgehead atoms. The van der Waals surface area contributed by atoms with E-state index in [1.54, 1.807) is 46.3 Å². The average Bonchev–Trinajstić information content (AvgIpc) is 1.23. The minimum atomic E-state index is -4.91. The predicted octanol–water partition coefficient (Wildman–Crippen LogP) is 16.9. The van der Waals surface area contributed by atoms with Crippen molar-refractivity contribution in [1.29, 1.82) is 0 Å². The number of aromatic nitrogens is 4. The molecule has 0 saturated carbocycles. The monoisotopic (exact) mass is 1820 g/mol. The van der Waals surface area contributed by atoms with Gasteiger partial charge in [0.05, 0.1) is 51.0 Å². The maximum absolute atomic E-state index is 13.3. The first-order valence-corrected chi connectivity index (χ1v) is 43.0. The zero-order valence-corrected chi connectivity index (χ0v) is 70.7. The third-order valence-electron chi connectivity index (χ3n) is 16.4. The number of nitrogens with zero attached hydrogens (tertiary/aromatic N) is 4. The minimum absolute atomic E-state index is 0.00112. The smallest absolute Gasteiger partial charge is 0.267 e. The van der Waals surface area contributed by atoms with E-state index in [1.807, 2.05) is 4.72 Å². The first-order chi connectivity index (χ1) is 67.4. The fourth-order valence-electron chi connectivity index (χ4n) is 10.4. The Balaban J connectivity index is 0.000000221. The number of carbonyl (C=O) groups excluding carboxylic acids is 8. The van der Waals surface area contributed by atoms with Gasteiger partial charge in [0.2, 0.25) is 23.5 Å². The molecular formula is C80H84N12O20S8. The predicted molar refractivity (Wildman–Crippen MR) is 460 cm³/mol. The second kappa shape index (κ2) is 37.2. The van der Waals surface area contributed by atoms with E-state index in [4.69, 9.17) is 56.5 Å². The van der Waals surface area contributed by atoms with Crippen molar-refractivity contribution in [1.82, 2.24) is 20.6 Å². The third-order valence-corrected chi connectivity index (χ3v) is 26.0. The number of thiophene rings is 4. The zero-order chi connectivity index (χ0) is 112. The molecule has 40 heteroatoms. The summed E-state index contributed by atoms with van der Waals surface area (Å²) >= 11 is 2.95. The highest BCUT2D eigenvalue weighted by Crippen LogP contribution is 2.36. The second-order valence-electron chi connectivity index (χ2n) is 25.3. The number of benzene rings is 4. The molecule has 32 nitrogen and oxygen atoms in total. The standard InChI is InChI=1S/4C20H21N3O5S2/c4*1-10-8-11(2)17(15(9-10)14(5)24)21-19(25)18-16(6-7-29-18)30(26,27)23-20-12(3)13(4)22-28-20/h4*6-9,23H,1-5H3,(H,21,25)/i1D3,2D3,3D3,4D3,9D;1D3,2D3,4D3,9D;3D3,8D;8D. The van der Waals surface area contributed by atoms with Gasteiger partial charge in [-0.25, -0.2) is 52.6 Å². The summed E-state index contributed by atoms with van der Waals surface area (Å²) in [4.78, 5) is 98.4. The molecule has 120 heavy (non-hydrogen) atoms. The molecule has 12 rings (SSSR count). The maximum atomic E-state index is 13.3. The molecule has 4 aromatic carbocycles. The van der Waals surface area contributed by atoms with E-state index in [0.717, 1.165) is 54.0 Å². The summed E-state index contributed by atoms with van der Waals surface area (Å²) in [5, 5.41) is 28.5. The zero-order valence-electron chi connectivity index (χ0n) is 92.1. The van der Waals surface area contributed by atoms with E-state index in [-0.39, 0.29) is 83.5 Å². The third kappa shape index (κ3) is 21.0. The van der Waals surface area contributed by atoms with Gasteiger partial charge in [-0.05, 0) is 252 Å². The Labute approximate surface area is 747 Å². The van der Waals surface area contributed by atoms with Crippen molar-refractivity contribution in [2.45, 2.75) is 157 Å². The molecule has 0 atom stereocenters. The van der Waals surface area contributed by atoms with Crippen LogP contribution in [0.2, 0.25) is 0 Å². The molecule has 8 aromatic heterocycles. The van der Waals surface area contributed by atoms with E-state index in [2.05, 4.69) is 51.3 Å². The van der Waals surface area contributed by atoms with Crippen molar-refractivity contribution >= 4 is 178 Å². The number of Topliss-reactive ketones (excluding diaryl/α,β-unsaturated/α-hetero) is 4. The number of amides is 4. The molecule has 12 aromatic rings. The number of nitrogens with one attached hydrogen (secondary N) is 8. The molecule has 0 spiro atoms. The summed E-state index contributed by atoms with van der Waals surface area (Å²) in [7, 11) is -18.1. The highest BCUT2D eigenvalue weighted by molar-refractivity contribution is 7.94. The van der Waals surface area contributed by atoms with Gasteiger partial charge in [0.25, 0.3) is 63.7 Å². The molecule has 0 saturated heterocycles. The van der Waals surface area contributed by atoms with Gasteiger partial charge in [-0.15, -0.1) is 45.3 Å². The first kappa shape index (κ1) is 59.7. The van der Waals surface area contributed by atoms with Crippen LogP contribution in [0.15, 0.2) is 132 Å². The number of aryl methyl sites for hydroxylation is 10. The van der Waals surface area contributed by atoms with Crippen molar-refractivity contribution in [3.63, 3.8) is 0 Å². The lowest BCUT2D eigenvalue weighted by atomic mass is 10.0. The Kier molecular flexibility index (Phi) is 18.5. The Morgan fingerprint density at radius 1 is 0.325 bits per heavy atom. The van der Waals surface area contributed by atoms with Crippen LogP contribution in [0.5, 0.6) is 0 Å². The van der Waals surface area contributed by atoms with Crippen molar-refractivity contribution in [2.75, 3.05) is 40.2 Å². The number of hydrogen-bond donors (Lipinski definition) is 8. The van der Waals surface area contributed by atoms with Crippen LogP contribution in [0.3, 0.4) is 0 Å². The topological polar surface area (TPSA) is 473 Å². The number of hydrogen-bond acceptors (Lipinski definition) is 28. The maximum Gasteiger partial charge on any atom is 0.267 e. The summed E-state index contributed by atoms with van der Waals surface area (Å²) in [6.07, 6.45) is 0. The highest BCUT2D eigenvalue weighted by atomic mass is 32.2. The quantitative estimate of drug-likeness (QED) is 0.0260. The molecule has 0 aliphatic rings. The highest BCUT2D eigenvalue weighted by Gasteiger charge is 2.33. The van der Waals surface area contributed by atoms with Crippen molar-refractivity contribution < 1.29 is 129 Å². The Morgan fingerprint density at radius 3 is 0.858 bits per heavy atom. The summed E-state index contributed by atoms with van der Waals surface area (Å²) in [6.45, 7) is -6.68. The van der Waals surface area contributed by atoms with Crippen LogP contribution >= 0.6 is 45.3 Å². The molecule has 4 amide bonds. The van der Waals surface area contributed by atoms with E-state index in [1.165, 1.54) is 68.1 Å². The lowest BCUT2D eigenvalue weighted by Crippen LogP contribution is -2.20.